The molecule has 18 heteroatoms. The SMILES string of the molecule is Cc1ccc(S(=O)(=O)[O-])cc1.Cc1ccc(S(=O)(=O)[O-])cc1.Cc1ccc(S(=O)(=O)[O-])cc1.Cc1ccc(S(=O)(=O)[O-])cc1.[Pd+2].[Pd+2]. The van der Waals surface area contributed by atoms with Gasteiger partial charge in [0.25, 0.3) is 0 Å². The zero-order valence-corrected chi connectivity index (χ0v) is 30.8. The molecule has 4 rings (SSSR count). The van der Waals surface area contributed by atoms with E-state index in [1.807, 2.05) is 27.7 Å². The quantitative estimate of drug-likeness (QED) is 0.212. The molecule has 0 saturated heterocycles. The monoisotopic (exact) mass is 896 g/mol. The van der Waals surface area contributed by atoms with Gasteiger partial charge in [-0.2, -0.15) is 0 Å². The molecule has 0 aliphatic rings. The fourth-order valence-corrected chi connectivity index (χ4v) is 4.70. The molecule has 0 bridgehead atoms. The van der Waals surface area contributed by atoms with Crippen molar-refractivity contribution in [3.05, 3.63) is 119 Å². The average Bonchev–Trinajstić information content (AvgIpc) is 2.89. The van der Waals surface area contributed by atoms with Crippen LogP contribution >= 0.6 is 0 Å². The largest absolute Gasteiger partial charge is 2.00 e. The average molecular weight is 898 g/mol. The van der Waals surface area contributed by atoms with Gasteiger partial charge in [-0.15, -0.1) is 0 Å². The molecule has 0 atom stereocenters. The van der Waals surface area contributed by atoms with Gasteiger partial charge in [0.2, 0.25) is 0 Å². The number of benzene rings is 4. The van der Waals surface area contributed by atoms with Gasteiger partial charge in [-0.1, -0.05) is 70.8 Å². The maximum absolute atomic E-state index is 10.4. The molecule has 0 aliphatic carbocycles. The Morgan fingerprint density at radius 3 is 0.500 bits per heavy atom. The van der Waals surface area contributed by atoms with Crippen LogP contribution in [0.2, 0.25) is 0 Å². The summed E-state index contributed by atoms with van der Waals surface area (Å²) in [6, 6.07) is 23.1. The molecule has 0 fully saturated rings. The second-order valence-corrected chi connectivity index (χ2v) is 14.6. The maximum atomic E-state index is 10.4. The Kier molecular flexibility index (Phi) is 19.6. The first-order valence-electron chi connectivity index (χ1n) is 12.1. The first-order chi connectivity index (χ1) is 20.0. The third-order valence-corrected chi connectivity index (χ3v) is 8.64. The molecule has 0 N–H and O–H groups in total. The first-order valence-corrected chi connectivity index (χ1v) is 17.7. The number of aryl methyl sites for hydroxylation is 4. The molecule has 0 unspecified atom stereocenters. The van der Waals surface area contributed by atoms with Gasteiger partial charge in [0, 0.05) is 0 Å². The van der Waals surface area contributed by atoms with Gasteiger partial charge in [0.15, 0.2) is 0 Å². The van der Waals surface area contributed by atoms with E-state index in [1.54, 1.807) is 48.5 Å². The van der Waals surface area contributed by atoms with Crippen LogP contribution in [0.25, 0.3) is 0 Å². The summed E-state index contributed by atoms with van der Waals surface area (Å²) in [4.78, 5) is -0.711. The van der Waals surface area contributed by atoms with Crippen LogP contribution in [-0.2, 0) is 81.3 Å². The Morgan fingerprint density at radius 2 is 0.413 bits per heavy atom. The van der Waals surface area contributed by atoms with Crippen molar-refractivity contribution >= 4 is 40.5 Å². The zero-order valence-electron chi connectivity index (χ0n) is 24.4. The molecule has 0 amide bonds. The van der Waals surface area contributed by atoms with Crippen molar-refractivity contribution < 1.29 is 92.7 Å². The van der Waals surface area contributed by atoms with E-state index in [0.717, 1.165) is 22.3 Å². The first kappa shape index (κ1) is 46.0. The van der Waals surface area contributed by atoms with E-state index < -0.39 is 40.5 Å². The van der Waals surface area contributed by atoms with E-state index in [0.29, 0.717) is 0 Å². The normalized spacial score (nSPS) is 11.0. The third kappa shape index (κ3) is 18.3. The fourth-order valence-electron chi connectivity index (χ4n) is 2.82. The van der Waals surface area contributed by atoms with Gasteiger partial charge in [-0.05, 0) is 76.2 Å². The third-order valence-electron chi connectivity index (χ3n) is 5.24. The van der Waals surface area contributed by atoms with Crippen molar-refractivity contribution in [2.24, 2.45) is 0 Å². The summed E-state index contributed by atoms with van der Waals surface area (Å²) in [6.07, 6.45) is 0. The molecule has 0 aromatic heterocycles. The Labute approximate surface area is 297 Å². The van der Waals surface area contributed by atoms with Crippen LogP contribution < -0.4 is 0 Å². The molecule has 0 aliphatic heterocycles. The van der Waals surface area contributed by atoms with Gasteiger partial charge in [0.1, 0.15) is 40.5 Å². The Hall–Kier alpha value is -2.16. The van der Waals surface area contributed by atoms with Crippen molar-refractivity contribution in [1.29, 1.82) is 0 Å². The molecular formula is C28H28O12Pd2S4. The fraction of sp³-hybridized carbons (Fsp3) is 0.143. The molecule has 0 saturated carbocycles. The Morgan fingerprint density at radius 1 is 0.304 bits per heavy atom. The van der Waals surface area contributed by atoms with E-state index in [9.17, 15) is 51.9 Å². The molecule has 4 aromatic rings. The molecule has 0 heterocycles. The van der Waals surface area contributed by atoms with E-state index in [4.69, 9.17) is 0 Å². The Balaban J connectivity index is 0. The van der Waals surface area contributed by atoms with E-state index in [-0.39, 0.29) is 60.4 Å². The smallest absolute Gasteiger partial charge is 0.744 e. The molecule has 0 spiro atoms. The minimum Gasteiger partial charge on any atom is -0.744 e. The summed E-state index contributed by atoms with van der Waals surface area (Å²) in [5, 5.41) is 0. The van der Waals surface area contributed by atoms with Crippen molar-refractivity contribution in [3.63, 3.8) is 0 Å². The minimum absolute atomic E-state index is 0. The summed E-state index contributed by atoms with van der Waals surface area (Å²) >= 11 is 0. The van der Waals surface area contributed by atoms with E-state index in [1.165, 1.54) is 48.5 Å². The van der Waals surface area contributed by atoms with Crippen LogP contribution in [-0.4, -0.2) is 51.9 Å². The van der Waals surface area contributed by atoms with Gasteiger partial charge in [-0.3, -0.25) is 0 Å². The molecule has 12 nitrogen and oxygen atoms in total. The number of rotatable bonds is 4. The van der Waals surface area contributed by atoms with Crippen LogP contribution in [0.5, 0.6) is 0 Å². The standard InChI is InChI=1S/4C7H8O3S.2Pd/c4*1-6-2-4-7(5-3-6)11(8,9)10;;/h4*2-5H,1H3,(H,8,9,10);;/q;;;;2*+2/p-4. The Bertz CT molecular complexity index is 1650. The molecule has 0 radical (unpaired) electrons. The summed E-state index contributed by atoms with van der Waals surface area (Å²) in [6.45, 7) is 7.28. The van der Waals surface area contributed by atoms with Crippen LogP contribution in [0.15, 0.2) is 117 Å². The second kappa shape index (κ2) is 19.6. The predicted molar refractivity (Wildman–Crippen MR) is 157 cm³/mol. The van der Waals surface area contributed by atoms with Crippen molar-refractivity contribution in [3.8, 4) is 0 Å². The number of hydrogen-bond donors (Lipinski definition) is 0. The maximum Gasteiger partial charge on any atom is 2.00 e. The second-order valence-electron chi connectivity index (χ2n) is 9.07. The van der Waals surface area contributed by atoms with Crippen LogP contribution in [0, 0.1) is 27.7 Å². The molecular weight excluding hydrogens is 869 g/mol. The molecule has 46 heavy (non-hydrogen) atoms. The zero-order chi connectivity index (χ0) is 33.9. The van der Waals surface area contributed by atoms with Crippen LogP contribution in [0.3, 0.4) is 0 Å². The van der Waals surface area contributed by atoms with E-state index in [2.05, 4.69) is 0 Å². The summed E-state index contributed by atoms with van der Waals surface area (Å²) in [5.74, 6) is 0. The van der Waals surface area contributed by atoms with Crippen LogP contribution in [0.1, 0.15) is 22.3 Å². The van der Waals surface area contributed by atoms with Gasteiger partial charge in [-0.25, -0.2) is 33.7 Å². The van der Waals surface area contributed by atoms with Crippen molar-refractivity contribution in [2.75, 3.05) is 0 Å². The van der Waals surface area contributed by atoms with Crippen molar-refractivity contribution in [2.45, 2.75) is 47.3 Å². The summed E-state index contributed by atoms with van der Waals surface area (Å²) in [5.41, 5.74) is 3.71. The van der Waals surface area contributed by atoms with Gasteiger partial charge in [0.05, 0.1) is 19.6 Å². The number of hydrogen-bond acceptors (Lipinski definition) is 12. The van der Waals surface area contributed by atoms with Crippen molar-refractivity contribution in [1.82, 2.24) is 0 Å². The topological polar surface area (TPSA) is 229 Å². The summed E-state index contributed by atoms with van der Waals surface area (Å²) in [7, 11) is -17.1. The van der Waals surface area contributed by atoms with Gasteiger partial charge >= 0.3 is 40.8 Å². The predicted octanol–water partition coefficient (Wildman–Crippen LogP) is 3.59. The molecule has 4 aromatic carbocycles. The summed E-state index contributed by atoms with van der Waals surface area (Å²) < 4.78 is 125. The molecule has 256 valence electrons. The van der Waals surface area contributed by atoms with Crippen LogP contribution in [0.4, 0.5) is 0 Å². The minimum atomic E-state index is -4.27. The van der Waals surface area contributed by atoms with Gasteiger partial charge < -0.3 is 18.2 Å². The van der Waals surface area contributed by atoms with E-state index >= 15 is 0 Å².